The van der Waals surface area contributed by atoms with Gasteiger partial charge in [-0.15, -0.1) is 5.10 Å². The summed E-state index contributed by atoms with van der Waals surface area (Å²) in [5.74, 6) is 0.00511. The number of aromatic nitrogens is 4. The van der Waals surface area contributed by atoms with E-state index >= 15 is 0 Å². The van der Waals surface area contributed by atoms with Crippen molar-refractivity contribution in [3.8, 4) is 0 Å². The summed E-state index contributed by atoms with van der Waals surface area (Å²) >= 11 is 0. The van der Waals surface area contributed by atoms with Crippen molar-refractivity contribution in [2.45, 2.75) is 12.1 Å². The van der Waals surface area contributed by atoms with Crippen LogP contribution in [0.1, 0.15) is 17.2 Å². The number of nitrogens with one attached hydrogen (secondary N) is 2. The van der Waals surface area contributed by atoms with Gasteiger partial charge in [-0.1, -0.05) is 17.3 Å². The van der Waals surface area contributed by atoms with Crippen LogP contribution in [0.4, 0.5) is 0 Å². The Labute approximate surface area is 149 Å². The minimum absolute atomic E-state index is 0.0681. The van der Waals surface area contributed by atoms with Crippen LogP contribution >= 0.6 is 0 Å². The molecule has 0 aliphatic carbocycles. The predicted molar refractivity (Wildman–Crippen MR) is 95.2 cm³/mol. The maximum absolute atomic E-state index is 12.6. The van der Waals surface area contributed by atoms with E-state index < -0.39 is 0 Å². The van der Waals surface area contributed by atoms with Gasteiger partial charge in [0.15, 0.2) is 0 Å². The van der Waals surface area contributed by atoms with Gasteiger partial charge in [-0.3, -0.25) is 14.8 Å². The number of amides is 1. The van der Waals surface area contributed by atoms with Crippen molar-refractivity contribution in [1.82, 2.24) is 35.7 Å². The zero-order chi connectivity index (χ0) is 17.7. The highest BCUT2D eigenvalue weighted by atomic mass is 16.2. The first-order valence-electron chi connectivity index (χ1n) is 8.46. The molecule has 8 nitrogen and oxygen atoms in total. The summed E-state index contributed by atoms with van der Waals surface area (Å²) in [6, 6.07) is 11.7. The van der Waals surface area contributed by atoms with Gasteiger partial charge in [0.2, 0.25) is 0 Å². The number of pyridine rings is 1. The van der Waals surface area contributed by atoms with Gasteiger partial charge in [-0.05, 0) is 24.3 Å². The number of carbonyl (C=O) groups excluding carboxylic acids is 1. The molecule has 8 heteroatoms. The molecule has 0 bridgehead atoms. The maximum atomic E-state index is 12.6. The average molecular weight is 347 g/mol. The molecular weight excluding hydrogens is 330 g/mol. The third-order valence-electron chi connectivity index (χ3n) is 4.94. The average Bonchev–Trinajstić information content (AvgIpc) is 3.26. The smallest absolute Gasteiger partial charge is 0.264 e. The molecule has 1 aromatic carbocycles. The molecule has 1 amide bonds. The van der Waals surface area contributed by atoms with Gasteiger partial charge >= 0.3 is 0 Å². The van der Waals surface area contributed by atoms with E-state index in [-0.39, 0.29) is 18.0 Å². The van der Waals surface area contributed by atoms with Crippen molar-refractivity contribution in [1.29, 1.82) is 0 Å². The number of rotatable bonds is 2. The number of nitrogens with zero attached hydrogens (tertiary/aromatic N) is 5. The number of hydrazine groups is 1. The van der Waals surface area contributed by atoms with Crippen molar-refractivity contribution in [3.63, 3.8) is 0 Å². The lowest BCUT2D eigenvalue weighted by molar-refractivity contribution is -0.130. The van der Waals surface area contributed by atoms with E-state index in [9.17, 15) is 4.79 Å². The molecule has 0 radical (unpaired) electrons. The zero-order valence-corrected chi connectivity index (χ0v) is 14.1. The molecular formula is C18H17N7O. The predicted octanol–water partition coefficient (Wildman–Crippen LogP) is 0.764. The minimum Gasteiger partial charge on any atom is -0.363 e. The molecule has 0 spiro atoms. The Hall–Kier alpha value is -3.26. The molecule has 0 saturated carbocycles. The summed E-state index contributed by atoms with van der Waals surface area (Å²) in [5, 5.41) is 13.3. The second kappa shape index (κ2) is 5.63. The van der Waals surface area contributed by atoms with Crippen LogP contribution in [0.25, 0.3) is 16.7 Å². The topological polar surface area (TPSA) is 88.0 Å². The van der Waals surface area contributed by atoms with Gasteiger partial charge in [0.25, 0.3) is 5.91 Å². The summed E-state index contributed by atoms with van der Waals surface area (Å²) in [7, 11) is 1.86. The molecule has 26 heavy (non-hydrogen) atoms. The molecule has 2 aliphatic heterocycles. The second-order valence-electron chi connectivity index (χ2n) is 6.50. The highest BCUT2D eigenvalue weighted by molar-refractivity contribution is 5.97. The number of fused-ring (bicyclic) bond motifs is 2. The SMILES string of the molecule is Cn1nnc2cc(C3=CC(=O)N4NCC(c5ccccn5)C4N3)ccc21. The molecule has 1 fully saturated rings. The fourth-order valence-corrected chi connectivity index (χ4v) is 3.60. The highest BCUT2D eigenvalue weighted by Crippen LogP contribution is 2.30. The second-order valence-corrected chi connectivity index (χ2v) is 6.50. The summed E-state index contributed by atoms with van der Waals surface area (Å²) in [5.41, 5.74) is 7.58. The van der Waals surface area contributed by atoms with E-state index in [1.54, 1.807) is 22.0 Å². The van der Waals surface area contributed by atoms with Gasteiger partial charge in [0, 0.05) is 42.8 Å². The summed E-state index contributed by atoms with van der Waals surface area (Å²) < 4.78 is 1.73. The minimum atomic E-state index is -0.185. The molecule has 4 heterocycles. The van der Waals surface area contributed by atoms with Gasteiger partial charge in [0.05, 0.1) is 11.4 Å². The first-order valence-corrected chi connectivity index (χ1v) is 8.46. The Morgan fingerprint density at radius 2 is 2.15 bits per heavy atom. The standard InChI is InChI=1S/C18H17N7O/c1-24-16-6-5-11(8-15(16)22-23-24)14-9-17(26)25-18(21-14)12(10-20-25)13-4-2-3-7-19-13/h2-9,12,18,20-21H,10H2,1H3. The Morgan fingerprint density at radius 1 is 1.23 bits per heavy atom. The molecule has 2 aromatic heterocycles. The summed E-state index contributed by atoms with van der Waals surface area (Å²) in [6.07, 6.45) is 3.21. The van der Waals surface area contributed by atoms with Crippen LogP contribution in [0.15, 0.2) is 48.7 Å². The Kier molecular flexibility index (Phi) is 3.26. The number of hydrogen-bond donors (Lipinski definition) is 2. The van der Waals surface area contributed by atoms with Crippen LogP contribution in [0.3, 0.4) is 0 Å². The van der Waals surface area contributed by atoms with Crippen molar-refractivity contribution < 1.29 is 4.79 Å². The van der Waals surface area contributed by atoms with Gasteiger partial charge < -0.3 is 5.32 Å². The molecule has 2 aliphatic rings. The van der Waals surface area contributed by atoms with E-state index in [0.717, 1.165) is 28.0 Å². The summed E-state index contributed by atoms with van der Waals surface area (Å²) in [4.78, 5) is 17.1. The van der Waals surface area contributed by atoms with Gasteiger partial charge in [-0.25, -0.2) is 10.1 Å². The van der Waals surface area contributed by atoms with E-state index in [2.05, 4.69) is 26.0 Å². The quantitative estimate of drug-likeness (QED) is 0.712. The van der Waals surface area contributed by atoms with E-state index in [1.165, 1.54) is 0 Å². The first-order chi connectivity index (χ1) is 12.7. The van der Waals surface area contributed by atoms with Gasteiger partial charge in [0.1, 0.15) is 11.7 Å². The fraction of sp³-hybridized carbons (Fsp3) is 0.222. The molecule has 3 aromatic rings. The molecule has 2 atom stereocenters. The maximum Gasteiger partial charge on any atom is 0.264 e. The Morgan fingerprint density at radius 3 is 3.00 bits per heavy atom. The lowest BCUT2D eigenvalue weighted by Gasteiger charge is -2.32. The molecule has 2 unspecified atom stereocenters. The van der Waals surface area contributed by atoms with Crippen LogP contribution in [0.2, 0.25) is 0 Å². The van der Waals surface area contributed by atoms with E-state index in [0.29, 0.717) is 6.54 Å². The van der Waals surface area contributed by atoms with E-state index in [4.69, 9.17) is 0 Å². The van der Waals surface area contributed by atoms with Gasteiger partial charge in [-0.2, -0.15) is 0 Å². The molecule has 130 valence electrons. The number of benzene rings is 1. The molecule has 2 N–H and O–H groups in total. The number of carbonyl (C=O) groups is 1. The number of hydrogen-bond acceptors (Lipinski definition) is 6. The molecule has 5 rings (SSSR count). The van der Waals surface area contributed by atoms with E-state index in [1.807, 2.05) is 43.4 Å². The lowest BCUT2D eigenvalue weighted by Crippen LogP contribution is -2.52. The highest BCUT2D eigenvalue weighted by Gasteiger charge is 2.41. The fourth-order valence-electron chi connectivity index (χ4n) is 3.60. The van der Waals surface area contributed by atoms with Crippen molar-refractivity contribution in [3.05, 3.63) is 59.9 Å². The number of aryl methyl sites for hydroxylation is 1. The lowest BCUT2D eigenvalue weighted by atomic mass is 9.99. The third kappa shape index (κ3) is 2.26. The van der Waals surface area contributed by atoms with Crippen LogP contribution < -0.4 is 10.7 Å². The monoisotopic (exact) mass is 347 g/mol. The summed E-state index contributed by atoms with van der Waals surface area (Å²) in [6.45, 7) is 0.657. The normalized spacial score (nSPS) is 22.3. The van der Waals surface area contributed by atoms with Crippen LogP contribution in [0.5, 0.6) is 0 Å². The van der Waals surface area contributed by atoms with Crippen LogP contribution in [-0.4, -0.2) is 43.6 Å². The zero-order valence-electron chi connectivity index (χ0n) is 14.1. The van der Waals surface area contributed by atoms with Crippen molar-refractivity contribution >= 4 is 22.6 Å². The molecule has 1 saturated heterocycles. The Balaban J connectivity index is 1.50. The third-order valence-corrected chi connectivity index (χ3v) is 4.94. The van der Waals surface area contributed by atoms with Crippen LogP contribution in [-0.2, 0) is 11.8 Å². The first kappa shape index (κ1) is 15.0. The van der Waals surface area contributed by atoms with Crippen molar-refractivity contribution in [2.75, 3.05) is 6.54 Å². The van der Waals surface area contributed by atoms with Crippen LogP contribution in [0, 0.1) is 0 Å². The van der Waals surface area contributed by atoms with Crippen molar-refractivity contribution in [2.24, 2.45) is 7.05 Å². The largest absolute Gasteiger partial charge is 0.363 e. The Bertz CT molecular complexity index is 1030.